The number of Topliss-reactive ketones (excluding diaryl/α,β-unsaturated/α-hetero) is 1. The van der Waals surface area contributed by atoms with Crippen LogP contribution in [0, 0.1) is 34.5 Å². The van der Waals surface area contributed by atoms with E-state index in [0.717, 1.165) is 44.9 Å². The summed E-state index contributed by atoms with van der Waals surface area (Å²) in [5.74, 6) is 1.51. The number of halogens is 3. The summed E-state index contributed by atoms with van der Waals surface area (Å²) >= 11 is 0. The van der Waals surface area contributed by atoms with E-state index in [1.165, 1.54) is 12.5 Å². The van der Waals surface area contributed by atoms with Crippen LogP contribution >= 0.6 is 30.0 Å². The van der Waals surface area contributed by atoms with Crippen molar-refractivity contribution in [1.82, 2.24) is 0 Å². The number of fused-ring (bicyclic) bond motifs is 5. The summed E-state index contributed by atoms with van der Waals surface area (Å²) in [6, 6.07) is 0. The molecule has 4 aliphatic rings. The van der Waals surface area contributed by atoms with E-state index in [9.17, 15) is 9.59 Å². The van der Waals surface area contributed by atoms with Crippen LogP contribution in [0.2, 0.25) is 4.75 Å². The van der Waals surface area contributed by atoms with E-state index in [0.29, 0.717) is 17.8 Å². The second kappa shape index (κ2) is 7.95. The van der Waals surface area contributed by atoms with Gasteiger partial charge in [-0.05, 0) is 0 Å². The summed E-state index contributed by atoms with van der Waals surface area (Å²) in [5.41, 5.74) is 1.58. The summed E-state index contributed by atoms with van der Waals surface area (Å²) in [7, 11) is 16.2. The van der Waals surface area contributed by atoms with Gasteiger partial charge in [-0.3, -0.25) is 0 Å². The Morgan fingerprint density at radius 2 is 1.80 bits per heavy atom. The van der Waals surface area contributed by atoms with Crippen molar-refractivity contribution in [3.63, 3.8) is 0 Å². The van der Waals surface area contributed by atoms with Crippen molar-refractivity contribution in [3.05, 3.63) is 11.6 Å². The van der Waals surface area contributed by atoms with E-state index in [4.69, 9.17) is 34.8 Å². The first-order valence-corrected chi connectivity index (χ1v) is 20.8. The van der Waals surface area contributed by atoms with E-state index >= 15 is 0 Å². The Morgan fingerprint density at radius 1 is 1.10 bits per heavy atom. The maximum atomic E-state index is 12.7. The van der Waals surface area contributed by atoms with Crippen LogP contribution in [0.3, 0.4) is 0 Å². The second-order valence-corrected chi connectivity index (χ2v) is 26.9. The van der Waals surface area contributed by atoms with Gasteiger partial charge in [0.25, 0.3) is 0 Å². The molecule has 0 spiro atoms. The molecule has 3 saturated carbocycles. The Kier molecular flexibility index (Phi) is 6.22. The zero-order chi connectivity index (χ0) is 22.1. The summed E-state index contributed by atoms with van der Waals surface area (Å²) in [6.45, 7) is 7.92. The van der Waals surface area contributed by atoms with Gasteiger partial charge < -0.3 is 0 Å². The molecule has 8 atom stereocenters. The molecule has 0 unspecified atom stereocenters. The molecule has 0 heterocycles. The number of carbonyl (C=O) groups is 2. The van der Waals surface area contributed by atoms with Crippen LogP contribution in [-0.2, 0) is 14.3 Å². The number of allylic oxidation sites excluding steroid dienone is 1. The van der Waals surface area contributed by atoms with E-state index in [1.54, 1.807) is 6.92 Å². The first kappa shape index (κ1) is 23.5. The van der Waals surface area contributed by atoms with E-state index in [2.05, 4.69) is 19.9 Å². The van der Waals surface area contributed by atoms with Crippen LogP contribution < -0.4 is 0 Å². The number of hydrogen-bond acceptors (Lipinski definition) is 3. The van der Waals surface area contributed by atoms with Crippen molar-refractivity contribution >= 4 is 52.3 Å². The Balaban J connectivity index is 1.64. The third kappa shape index (κ3) is 3.72. The predicted molar refractivity (Wildman–Crippen MR) is 124 cm³/mol. The van der Waals surface area contributed by atoms with Crippen molar-refractivity contribution in [3.8, 4) is 0 Å². The minimum atomic E-state index is -3.54. The molecule has 0 aromatic heterocycles. The van der Waals surface area contributed by atoms with Crippen molar-refractivity contribution in [2.45, 2.75) is 83.5 Å². The topological polar surface area (TPSA) is 43.4 Å². The number of rotatable bonds is 3. The SMILES string of the molecule is CC(=O)O[C@H]1CC[C@@]2(C)C(=CC[C@H]3[C@@H]4C[C@@H]([Ge]([Cl])([Cl])[Cl])[C@H](C(C)=O)[C@@]4(C)CC[C@@H]32)C1. The Hall–Kier alpha value is 0.293. The molecule has 0 bridgehead atoms. The summed E-state index contributed by atoms with van der Waals surface area (Å²) in [5, 5.41) is 0. The molecule has 3 nitrogen and oxygen atoms in total. The average Bonchev–Trinajstić information content (AvgIpc) is 2.95. The van der Waals surface area contributed by atoms with Gasteiger partial charge in [-0.25, -0.2) is 0 Å². The molecule has 4 rings (SSSR count). The third-order valence-corrected chi connectivity index (χ3v) is 16.6. The van der Waals surface area contributed by atoms with Gasteiger partial charge in [-0.15, -0.1) is 0 Å². The third-order valence-electron chi connectivity index (χ3n) is 9.31. The molecule has 0 aromatic carbocycles. The van der Waals surface area contributed by atoms with Crippen LogP contribution in [0.1, 0.15) is 72.6 Å². The maximum absolute atomic E-state index is 12.7. The number of carbonyl (C=O) groups excluding carboxylic acids is 2. The van der Waals surface area contributed by atoms with Crippen molar-refractivity contribution in [2.75, 3.05) is 0 Å². The van der Waals surface area contributed by atoms with E-state index in [-0.39, 0.29) is 39.4 Å². The average molecular weight is 536 g/mol. The number of hydrogen-bond donors (Lipinski definition) is 0. The first-order chi connectivity index (χ1) is 13.9. The van der Waals surface area contributed by atoms with Crippen LogP contribution in [0.5, 0.6) is 0 Å². The molecule has 7 heteroatoms. The number of ether oxygens (including phenoxy) is 1. The van der Waals surface area contributed by atoms with Gasteiger partial charge in [-0.1, -0.05) is 0 Å². The van der Waals surface area contributed by atoms with Crippen LogP contribution in [0.25, 0.3) is 0 Å². The summed E-state index contributed by atoms with van der Waals surface area (Å²) in [4.78, 5) is 24.2. The molecule has 0 aliphatic heterocycles. The van der Waals surface area contributed by atoms with Crippen LogP contribution in [0.15, 0.2) is 11.6 Å². The van der Waals surface area contributed by atoms with Gasteiger partial charge in [-0.2, -0.15) is 0 Å². The molecule has 3 fully saturated rings. The molecule has 0 amide bonds. The number of ketones is 1. The fourth-order valence-electron chi connectivity index (χ4n) is 8.08. The molecular formula is C23H33Cl3GeO3. The molecule has 0 N–H and O–H groups in total. The predicted octanol–water partition coefficient (Wildman–Crippen LogP) is 6.72. The van der Waals surface area contributed by atoms with Crippen molar-refractivity contribution < 1.29 is 14.3 Å². The van der Waals surface area contributed by atoms with Gasteiger partial charge >= 0.3 is 196 Å². The molecule has 168 valence electrons. The standard InChI is InChI=1S/C23H33Cl3GeO3/c1-13(28)21-20(27(24,25)26)12-19-17-6-5-15-11-16(30-14(2)29)7-9-22(15,3)18(17)8-10-23(19,21)4/h5,16-21H,6-12H2,1-4H3/t16-,17+,18-,19-,20+,21-,22-,23-/m0/s1. The molecule has 4 aliphatic carbocycles. The van der Waals surface area contributed by atoms with Crippen LogP contribution in [0.4, 0.5) is 0 Å². The normalized spacial score (nSPS) is 45.6. The van der Waals surface area contributed by atoms with Gasteiger partial charge in [0.15, 0.2) is 0 Å². The zero-order valence-corrected chi connectivity index (χ0v) is 22.7. The Bertz CT molecular complexity index is 778. The first-order valence-electron chi connectivity index (χ1n) is 11.3. The fraction of sp³-hybridized carbons (Fsp3) is 0.826. The zero-order valence-electron chi connectivity index (χ0n) is 18.3. The quantitative estimate of drug-likeness (QED) is 0.229. The molecule has 0 saturated heterocycles. The van der Waals surface area contributed by atoms with E-state index in [1.807, 2.05) is 0 Å². The van der Waals surface area contributed by atoms with Crippen molar-refractivity contribution in [1.29, 1.82) is 0 Å². The molecular weight excluding hydrogens is 503 g/mol. The van der Waals surface area contributed by atoms with Gasteiger partial charge in [0.2, 0.25) is 0 Å². The molecule has 0 aromatic rings. The summed E-state index contributed by atoms with van der Waals surface area (Å²) < 4.78 is 5.51. The summed E-state index contributed by atoms with van der Waals surface area (Å²) in [6.07, 6.45) is 9.40. The van der Waals surface area contributed by atoms with Crippen molar-refractivity contribution in [2.24, 2.45) is 34.5 Å². The number of esters is 1. The Labute approximate surface area is 195 Å². The van der Waals surface area contributed by atoms with Gasteiger partial charge in [0.1, 0.15) is 0 Å². The monoisotopic (exact) mass is 536 g/mol. The molecule has 0 radical (unpaired) electrons. The van der Waals surface area contributed by atoms with Gasteiger partial charge in [0.05, 0.1) is 0 Å². The second-order valence-electron chi connectivity index (χ2n) is 10.8. The van der Waals surface area contributed by atoms with Crippen LogP contribution in [-0.4, -0.2) is 28.3 Å². The fourth-order valence-corrected chi connectivity index (χ4v) is 14.6. The van der Waals surface area contributed by atoms with E-state index < -0.39 is 10.5 Å². The minimum absolute atomic E-state index is 0.0163. The van der Waals surface area contributed by atoms with Gasteiger partial charge in [0, 0.05) is 0 Å². The Morgan fingerprint density at radius 3 is 2.40 bits per heavy atom. The molecule has 30 heavy (non-hydrogen) atoms.